The fourth-order valence-corrected chi connectivity index (χ4v) is 25.6. The number of carbonyl (C=O) groups is 1. The van der Waals surface area contributed by atoms with Gasteiger partial charge in [0.1, 0.15) is 0 Å². The zero-order valence-electron chi connectivity index (χ0n) is 17.3. The summed E-state index contributed by atoms with van der Waals surface area (Å²) in [7, 11) is -1.58. The van der Waals surface area contributed by atoms with E-state index in [2.05, 4.69) is 56.3 Å². The van der Waals surface area contributed by atoms with E-state index in [1.54, 1.807) is 13.3 Å². The van der Waals surface area contributed by atoms with Gasteiger partial charge in [-0.15, -0.1) is 0 Å². The maximum absolute atomic E-state index is 12.3. The zero-order valence-corrected chi connectivity index (χ0v) is 22.8. The van der Waals surface area contributed by atoms with E-state index in [1.807, 2.05) is 0 Å². The predicted octanol–water partition coefficient (Wildman–Crippen LogP) is 7.76. The summed E-state index contributed by atoms with van der Waals surface area (Å²) in [5, 5.41) is 0.568. The van der Waals surface area contributed by atoms with Gasteiger partial charge in [0.25, 0.3) is 0 Å². The number of hydrogen-bond acceptors (Lipinski definition) is 1. The fraction of sp³-hybridized carbons (Fsp3) is 0.950. The van der Waals surface area contributed by atoms with Gasteiger partial charge in [-0.1, -0.05) is 0 Å². The summed E-state index contributed by atoms with van der Waals surface area (Å²) >= 11 is 2.05. The van der Waals surface area contributed by atoms with Crippen molar-refractivity contribution in [3.05, 3.63) is 0 Å². The van der Waals surface area contributed by atoms with Gasteiger partial charge in [0.2, 0.25) is 0 Å². The van der Waals surface area contributed by atoms with Crippen LogP contribution < -0.4 is 0 Å². The Balaban J connectivity index is 4.84. The minimum absolute atomic E-state index is 0.568. The molecule has 1 atom stereocenters. The molecule has 0 bridgehead atoms. The fourth-order valence-electron chi connectivity index (χ4n) is 3.55. The standard InChI is InChI=1S/C8H16BrOSi.3C4H9.Sn/c1-11(2,3)8(10)6-4-5-7-9;3*1-3-4-2;/h7H,4-6H2,1-3H3;3*1,3-4H2,2H3;. The molecule has 1 nitrogen and oxygen atoms in total. The van der Waals surface area contributed by atoms with Crippen LogP contribution in [-0.4, -0.2) is 34.7 Å². The molecule has 0 N–H and O–H groups in total. The molecule has 0 fully saturated rings. The summed E-state index contributed by atoms with van der Waals surface area (Å²) in [6, 6.07) is 0. The molecular formula is C20H43BrOSiSn. The Kier molecular flexibility index (Phi) is 14.0. The Hall–Kier alpha value is 1.17. The van der Waals surface area contributed by atoms with E-state index in [4.69, 9.17) is 0 Å². The molecule has 0 aliphatic heterocycles. The topological polar surface area (TPSA) is 17.1 Å². The number of carbonyl (C=O) groups excluding carboxylic acids is 1. The van der Waals surface area contributed by atoms with Gasteiger partial charge in [0.05, 0.1) is 0 Å². The van der Waals surface area contributed by atoms with Crippen molar-refractivity contribution in [3.63, 3.8) is 0 Å². The maximum atomic E-state index is 12.3. The van der Waals surface area contributed by atoms with Crippen molar-refractivity contribution in [3.8, 4) is 0 Å². The molecule has 0 aliphatic carbocycles. The molecule has 0 spiro atoms. The van der Waals surface area contributed by atoms with Crippen LogP contribution in [0.2, 0.25) is 33.0 Å². The van der Waals surface area contributed by atoms with E-state index < -0.39 is 26.5 Å². The molecule has 0 saturated heterocycles. The van der Waals surface area contributed by atoms with Crippen molar-refractivity contribution in [2.24, 2.45) is 0 Å². The van der Waals surface area contributed by atoms with E-state index in [1.165, 1.54) is 44.9 Å². The van der Waals surface area contributed by atoms with Crippen LogP contribution in [0.5, 0.6) is 0 Å². The second-order valence-corrected chi connectivity index (χ2v) is 31.3. The molecule has 0 rings (SSSR count). The first-order chi connectivity index (χ1) is 11.2. The van der Waals surface area contributed by atoms with Crippen molar-refractivity contribution < 1.29 is 4.79 Å². The normalized spacial score (nSPS) is 14.0. The molecule has 144 valence electrons. The molecule has 4 heteroatoms. The van der Waals surface area contributed by atoms with Crippen LogP contribution >= 0.6 is 15.9 Å². The average Bonchev–Trinajstić information content (AvgIpc) is 2.53. The van der Waals surface area contributed by atoms with Crippen LogP contribution in [0.25, 0.3) is 0 Å². The van der Waals surface area contributed by atoms with Crippen molar-refractivity contribution in [1.82, 2.24) is 0 Å². The third-order valence-electron chi connectivity index (χ3n) is 5.45. The molecular weight excluding hydrogens is 483 g/mol. The van der Waals surface area contributed by atoms with Crippen LogP contribution in [-0.2, 0) is 4.79 Å². The van der Waals surface area contributed by atoms with Gasteiger partial charge >= 0.3 is 167 Å². The van der Waals surface area contributed by atoms with Gasteiger partial charge in [-0.05, 0) is 0 Å². The van der Waals surface area contributed by atoms with Gasteiger partial charge in [0.15, 0.2) is 0 Å². The number of rotatable bonds is 15. The first kappa shape index (κ1) is 25.2. The van der Waals surface area contributed by atoms with Crippen molar-refractivity contribution >= 4 is 47.8 Å². The summed E-state index contributed by atoms with van der Waals surface area (Å²) < 4.78 is 5.46. The molecule has 0 heterocycles. The molecule has 0 aromatic rings. The summed E-state index contributed by atoms with van der Waals surface area (Å²) in [4.78, 5) is 12.3. The number of halogens is 1. The van der Waals surface area contributed by atoms with Gasteiger partial charge in [-0.25, -0.2) is 0 Å². The van der Waals surface area contributed by atoms with Crippen LogP contribution in [0.4, 0.5) is 0 Å². The Morgan fingerprint density at radius 3 is 1.62 bits per heavy atom. The van der Waals surface area contributed by atoms with E-state index in [0.29, 0.717) is 5.41 Å². The van der Waals surface area contributed by atoms with Crippen molar-refractivity contribution in [2.75, 3.05) is 0 Å². The SMILES string of the molecule is CCC[CH2][Sn]([CH2]CCC)([CH2]CCC)[CH](Br)CCCC(=O)[Si](C)(C)C. The second-order valence-electron chi connectivity index (χ2n) is 8.71. The predicted molar refractivity (Wildman–Crippen MR) is 120 cm³/mol. The molecule has 0 aromatic heterocycles. The van der Waals surface area contributed by atoms with Crippen LogP contribution in [0.15, 0.2) is 0 Å². The monoisotopic (exact) mass is 526 g/mol. The van der Waals surface area contributed by atoms with Crippen molar-refractivity contribution in [2.45, 2.75) is 114 Å². The molecule has 0 aromatic carbocycles. The Morgan fingerprint density at radius 1 is 0.875 bits per heavy atom. The summed E-state index contributed by atoms with van der Waals surface area (Å²) in [5.74, 6) is 0. The minimum atomic E-state index is -2.14. The number of unbranched alkanes of at least 4 members (excludes halogenated alkanes) is 3. The molecule has 0 saturated carbocycles. The van der Waals surface area contributed by atoms with Gasteiger partial charge < -0.3 is 0 Å². The van der Waals surface area contributed by atoms with E-state index in [-0.39, 0.29) is 0 Å². The summed E-state index contributed by atoms with van der Waals surface area (Å²) in [6.07, 6.45) is 11.5. The zero-order chi connectivity index (χ0) is 18.6. The molecule has 0 aliphatic rings. The van der Waals surface area contributed by atoms with Gasteiger partial charge in [0, 0.05) is 0 Å². The first-order valence-corrected chi connectivity index (χ1v) is 22.5. The Bertz CT molecular complexity index is 319. The quantitative estimate of drug-likeness (QED) is 0.158. The second kappa shape index (κ2) is 13.4. The van der Waals surface area contributed by atoms with Gasteiger partial charge in [-0.3, -0.25) is 0 Å². The molecule has 0 amide bonds. The summed E-state index contributed by atoms with van der Waals surface area (Å²) in [5.41, 5.74) is 0. The molecule has 1 unspecified atom stereocenters. The summed E-state index contributed by atoms with van der Waals surface area (Å²) in [6.45, 7) is 13.6. The molecule has 24 heavy (non-hydrogen) atoms. The third-order valence-corrected chi connectivity index (χ3v) is 30.5. The Labute approximate surface area is 166 Å². The van der Waals surface area contributed by atoms with Crippen LogP contribution in [0.1, 0.15) is 78.6 Å². The van der Waals surface area contributed by atoms with Crippen molar-refractivity contribution in [1.29, 1.82) is 0 Å². The Morgan fingerprint density at radius 2 is 1.29 bits per heavy atom. The molecule has 0 radical (unpaired) electrons. The van der Waals surface area contributed by atoms with Crippen LogP contribution in [0.3, 0.4) is 0 Å². The van der Waals surface area contributed by atoms with E-state index >= 15 is 0 Å². The first-order valence-electron chi connectivity index (χ1n) is 10.4. The average molecular weight is 526 g/mol. The number of alkyl halides is 1. The third kappa shape index (κ3) is 9.75. The van der Waals surface area contributed by atoms with Gasteiger partial charge in [-0.2, -0.15) is 0 Å². The van der Waals surface area contributed by atoms with Crippen LogP contribution in [0, 0.1) is 0 Å². The number of hydrogen-bond donors (Lipinski definition) is 0. The van der Waals surface area contributed by atoms with E-state index in [9.17, 15) is 4.79 Å². The van der Waals surface area contributed by atoms with E-state index in [0.717, 1.165) is 15.7 Å².